The van der Waals surface area contributed by atoms with Crippen LogP contribution < -0.4 is 4.72 Å². The molecule has 10 heteroatoms. The molecule has 0 radical (unpaired) electrons. The minimum atomic E-state index is -3.71. The van der Waals surface area contributed by atoms with Gasteiger partial charge in [-0.05, 0) is 18.4 Å². The van der Waals surface area contributed by atoms with Gasteiger partial charge >= 0.3 is 5.22 Å². The molecule has 2 rings (SSSR count). The number of sulfone groups is 1. The maximum Gasteiger partial charge on any atom is 0.335 e. The molecule has 2 aromatic rings. The Kier molecular flexibility index (Phi) is 6.68. The summed E-state index contributed by atoms with van der Waals surface area (Å²) in [6.45, 7) is 2.02. The van der Waals surface area contributed by atoms with Crippen molar-refractivity contribution in [3.05, 3.63) is 41.8 Å². The maximum absolute atomic E-state index is 12.3. The van der Waals surface area contributed by atoms with Gasteiger partial charge in [-0.25, -0.2) is 21.6 Å². The van der Waals surface area contributed by atoms with E-state index in [4.69, 9.17) is 4.42 Å². The van der Waals surface area contributed by atoms with Crippen molar-refractivity contribution in [1.82, 2.24) is 14.9 Å². The van der Waals surface area contributed by atoms with Crippen LogP contribution in [0.1, 0.15) is 31.2 Å². The lowest BCUT2D eigenvalue weighted by atomic mass is 10.2. The molecule has 0 fully saturated rings. The van der Waals surface area contributed by atoms with E-state index in [1.165, 1.54) is 0 Å². The summed E-state index contributed by atoms with van der Waals surface area (Å²) < 4.78 is 55.2. The van der Waals surface area contributed by atoms with Crippen LogP contribution in [0.4, 0.5) is 0 Å². The fourth-order valence-electron chi connectivity index (χ4n) is 2.13. The highest BCUT2D eigenvalue weighted by Gasteiger charge is 2.22. The molecule has 0 spiro atoms. The smallest absolute Gasteiger partial charge is 0.335 e. The van der Waals surface area contributed by atoms with E-state index < -0.39 is 25.1 Å². The van der Waals surface area contributed by atoms with Gasteiger partial charge in [-0.3, -0.25) is 0 Å². The molecule has 1 heterocycles. The first-order valence-corrected chi connectivity index (χ1v) is 11.2. The topological polar surface area (TPSA) is 119 Å². The minimum absolute atomic E-state index is 0.0788. The SMILES string of the molecule is CCCS(=O)(=O)NCCCc1nnc(S(=O)(=O)Cc2ccccc2)o1. The summed E-state index contributed by atoms with van der Waals surface area (Å²) in [6, 6.07) is 8.72. The molecule has 1 aromatic heterocycles. The molecule has 1 aromatic carbocycles. The Labute approximate surface area is 147 Å². The second-order valence-corrected chi connectivity index (χ2v) is 9.32. The molecule has 0 aliphatic rings. The lowest BCUT2D eigenvalue weighted by Crippen LogP contribution is -2.27. The molecule has 0 unspecified atom stereocenters. The average molecular weight is 387 g/mol. The molecule has 1 N–H and O–H groups in total. The molecule has 0 amide bonds. The highest BCUT2D eigenvalue weighted by molar-refractivity contribution is 7.90. The zero-order valence-electron chi connectivity index (χ0n) is 13.9. The first kappa shape index (κ1) is 19.5. The van der Waals surface area contributed by atoms with E-state index in [9.17, 15) is 16.8 Å². The van der Waals surface area contributed by atoms with Gasteiger partial charge in [0.15, 0.2) is 0 Å². The Balaban J connectivity index is 1.89. The van der Waals surface area contributed by atoms with E-state index in [2.05, 4.69) is 14.9 Å². The third kappa shape index (κ3) is 6.22. The van der Waals surface area contributed by atoms with E-state index in [-0.39, 0.29) is 23.9 Å². The summed E-state index contributed by atoms with van der Waals surface area (Å²) in [7, 11) is -6.96. The van der Waals surface area contributed by atoms with Crippen LogP contribution in [-0.4, -0.2) is 39.3 Å². The van der Waals surface area contributed by atoms with Crippen molar-refractivity contribution in [3.63, 3.8) is 0 Å². The van der Waals surface area contributed by atoms with Gasteiger partial charge in [0.25, 0.3) is 0 Å². The molecule has 0 bridgehead atoms. The van der Waals surface area contributed by atoms with Crippen molar-refractivity contribution < 1.29 is 21.3 Å². The van der Waals surface area contributed by atoms with Crippen LogP contribution in [-0.2, 0) is 32.0 Å². The molecule has 0 saturated carbocycles. The van der Waals surface area contributed by atoms with Crippen LogP contribution >= 0.6 is 0 Å². The number of hydrogen-bond acceptors (Lipinski definition) is 7. The number of rotatable bonds is 10. The number of hydrogen-bond donors (Lipinski definition) is 1. The molecule has 138 valence electrons. The highest BCUT2D eigenvalue weighted by atomic mass is 32.2. The fourth-order valence-corrected chi connectivity index (χ4v) is 4.41. The van der Waals surface area contributed by atoms with Crippen molar-refractivity contribution in [2.75, 3.05) is 12.3 Å². The first-order chi connectivity index (χ1) is 11.8. The largest absolute Gasteiger partial charge is 0.413 e. The van der Waals surface area contributed by atoms with Crippen molar-refractivity contribution >= 4 is 19.9 Å². The van der Waals surface area contributed by atoms with Crippen LogP contribution in [0, 0.1) is 0 Å². The van der Waals surface area contributed by atoms with Crippen LogP contribution in [0.2, 0.25) is 0 Å². The van der Waals surface area contributed by atoms with E-state index in [0.29, 0.717) is 24.8 Å². The summed E-state index contributed by atoms with van der Waals surface area (Å²) in [5, 5.41) is 6.90. The number of nitrogens with one attached hydrogen (secondary N) is 1. The standard InChI is InChI=1S/C15H21N3O5S2/c1-2-11-25(21,22)16-10-6-9-14-17-18-15(23-14)24(19,20)12-13-7-4-3-5-8-13/h3-5,7-8,16H,2,6,9-12H2,1H3. The third-order valence-electron chi connectivity index (χ3n) is 3.28. The molecule has 8 nitrogen and oxygen atoms in total. The molecular weight excluding hydrogens is 366 g/mol. The second-order valence-electron chi connectivity index (χ2n) is 5.52. The van der Waals surface area contributed by atoms with E-state index >= 15 is 0 Å². The van der Waals surface area contributed by atoms with Crippen LogP contribution in [0.3, 0.4) is 0 Å². The van der Waals surface area contributed by atoms with E-state index in [1.807, 2.05) is 0 Å². The van der Waals surface area contributed by atoms with Gasteiger partial charge in [0.2, 0.25) is 25.8 Å². The monoisotopic (exact) mass is 387 g/mol. The van der Waals surface area contributed by atoms with Gasteiger partial charge in [-0.2, -0.15) is 0 Å². The van der Waals surface area contributed by atoms with Crippen molar-refractivity contribution in [2.24, 2.45) is 0 Å². The quantitative estimate of drug-likeness (QED) is 0.610. The Morgan fingerprint density at radius 1 is 1.08 bits per heavy atom. The summed E-state index contributed by atoms with van der Waals surface area (Å²) in [4.78, 5) is 0. The van der Waals surface area contributed by atoms with Gasteiger partial charge in [-0.15, -0.1) is 5.10 Å². The average Bonchev–Trinajstić information content (AvgIpc) is 3.02. The molecule has 0 atom stereocenters. The zero-order valence-corrected chi connectivity index (χ0v) is 15.5. The number of sulfonamides is 1. The summed E-state index contributed by atoms with van der Waals surface area (Å²) >= 11 is 0. The van der Waals surface area contributed by atoms with Crippen LogP contribution in [0.15, 0.2) is 40.0 Å². The second kappa shape index (κ2) is 8.54. The van der Waals surface area contributed by atoms with Crippen molar-refractivity contribution in [2.45, 2.75) is 37.2 Å². The fraction of sp³-hybridized carbons (Fsp3) is 0.467. The summed E-state index contributed by atoms with van der Waals surface area (Å²) in [5.74, 6) is 0.0307. The van der Waals surface area contributed by atoms with Gasteiger partial charge in [0.05, 0.1) is 11.5 Å². The van der Waals surface area contributed by atoms with E-state index in [1.54, 1.807) is 37.3 Å². The lowest BCUT2D eigenvalue weighted by molar-refractivity contribution is 0.393. The number of aromatic nitrogens is 2. The Bertz CT molecular complexity index is 877. The Hall–Kier alpha value is -1.78. The maximum atomic E-state index is 12.3. The normalized spacial score (nSPS) is 12.4. The molecular formula is C15H21N3O5S2. The van der Waals surface area contributed by atoms with E-state index in [0.717, 1.165) is 0 Å². The van der Waals surface area contributed by atoms with Crippen LogP contribution in [0.5, 0.6) is 0 Å². The predicted octanol–water partition coefficient (Wildman–Crippen LogP) is 1.31. The van der Waals surface area contributed by atoms with Crippen molar-refractivity contribution in [3.8, 4) is 0 Å². The molecule has 0 aliphatic carbocycles. The number of benzene rings is 1. The van der Waals surface area contributed by atoms with Gasteiger partial charge < -0.3 is 4.42 Å². The zero-order chi connectivity index (χ0) is 18.3. The molecule has 0 aliphatic heterocycles. The number of aryl methyl sites for hydroxylation is 1. The third-order valence-corrected chi connectivity index (χ3v) is 6.28. The Morgan fingerprint density at radius 2 is 1.80 bits per heavy atom. The van der Waals surface area contributed by atoms with Gasteiger partial charge in [0.1, 0.15) is 0 Å². The van der Waals surface area contributed by atoms with Crippen molar-refractivity contribution in [1.29, 1.82) is 0 Å². The summed E-state index contributed by atoms with van der Waals surface area (Å²) in [6.07, 6.45) is 1.27. The Morgan fingerprint density at radius 3 is 2.48 bits per heavy atom. The number of nitrogens with zero attached hydrogens (tertiary/aromatic N) is 2. The van der Waals surface area contributed by atoms with Gasteiger partial charge in [0, 0.05) is 13.0 Å². The van der Waals surface area contributed by atoms with Crippen LogP contribution in [0.25, 0.3) is 0 Å². The summed E-state index contributed by atoms with van der Waals surface area (Å²) in [5.41, 5.74) is 0.632. The molecule has 25 heavy (non-hydrogen) atoms. The minimum Gasteiger partial charge on any atom is -0.413 e. The highest BCUT2D eigenvalue weighted by Crippen LogP contribution is 2.15. The predicted molar refractivity (Wildman–Crippen MR) is 92.0 cm³/mol. The molecule has 0 saturated heterocycles. The van der Waals surface area contributed by atoms with Gasteiger partial charge in [-0.1, -0.05) is 42.4 Å². The lowest BCUT2D eigenvalue weighted by Gasteiger charge is -2.03. The first-order valence-electron chi connectivity index (χ1n) is 7.89.